The Hall–Kier alpha value is -2.73. The predicted molar refractivity (Wildman–Crippen MR) is 101 cm³/mol. The summed E-state index contributed by atoms with van der Waals surface area (Å²) in [7, 11) is 1.73. The van der Waals surface area contributed by atoms with Gasteiger partial charge in [0.1, 0.15) is 0 Å². The molecule has 0 saturated heterocycles. The van der Waals surface area contributed by atoms with Gasteiger partial charge in [-0.2, -0.15) is 0 Å². The highest BCUT2D eigenvalue weighted by Crippen LogP contribution is 2.33. The highest BCUT2D eigenvalue weighted by Gasteiger charge is 2.55. The number of esters is 2. The van der Waals surface area contributed by atoms with Crippen LogP contribution in [0.2, 0.25) is 0 Å². The first-order valence-corrected chi connectivity index (χ1v) is 9.12. The van der Waals surface area contributed by atoms with Crippen molar-refractivity contribution < 1.29 is 19.1 Å². The van der Waals surface area contributed by atoms with Crippen LogP contribution in [0.1, 0.15) is 25.1 Å². The van der Waals surface area contributed by atoms with Gasteiger partial charge in [0.15, 0.2) is 0 Å². The molecule has 0 amide bonds. The second kappa shape index (κ2) is 7.88. The molecule has 0 atom stereocenters. The van der Waals surface area contributed by atoms with E-state index in [9.17, 15) is 9.59 Å². The molecule has 6 heteroatoms. The molecule has 1 aliphatic heterocycles. The van der Waals surface area contributed by atoms with Gasteiger partial charge in [0, 0.05) is 18.5 Å². The Balaban J connectivity index is 2.00. The Morgan fingerprint density at radius 2 is 1.67 bits per heavy atom. The second-order valence-corrected chi connectivity index (χ2v) is 6.50. The SMILES string of the molecule is CCOC(=O)C1(C(=O)OCC)Cc2ccc(-c3ccccc3)nc2CN1C. The van der Waals surface area contributed by atoms with Crippen LogP contribution in [0.5, 0.6) is 0 Å². The van der Waals surface area contributed by atoms with Gasteiger partial charge in [-0.25, -0.2) is 9.59 Å². The lowest BCUT2D eigenvalue weighted by Gasteiger charge is -2.40. The van der Waals surface area contributed by atoms with E-state index >= 15 is 0 Å². The Bertz CT molecular complexity index is 817. The van der Waals surface area contributed by atoms with Crippen molar-refractivity contribution in [1.29, 1.82) is 0 Å². The van der Waals surface area contributed by atoms with E-state index in [1.807, 2.05) is 42.5 Å². The summed E-state index contributed by atoms with van der Waals surface area (Å²) in [5, 5.41) is 0. The lowest BCUT2D eigenvalue weighted by Crippen LogP contribution is -2.63. The summed E-state index contributed by atoms with van der Waals surface area (Å²) in [6, 6.07) is 13.8. The molecule has 0 fully saturated rings. The first kappa shape index (κ1) is 19.0. The number of pyridine rings is 1. The van der Waals surface area contributed by atoms with Crippen LogP contribution in [0.15, 0.2) is 42.5 Å². The molecule has 6 nitrogen and oxygen atoms in total. The molecule has 2 heterocycles. The standard InChI is InChI=1S/C21H24N2O4/c1-4-26-19(24)21(20(25)27-5-2)13-16-11-12-17(15-9-7-6-8-10-15)22-18(16)14-23(21)3/h6-12H,4-5,13-14H2,1-3H3. The number of ether oxygens (including phenoxy) is 2. The summed E-state index contributed by atoms with van der Waals surface area (Å²) in [4.78, 5) is 32.0. The first-order valence-electron chi connectivity index (χ1n) is 9.12. The van der Waals surface area contributed by atoms with E-state index in [2.05, 4.69) is 0 Å². The molecule has 2 aromatic rings. The topological polar surface area (TPSA) is 68.7 Å². The number of rotatable bonds is 5. The Morgan fingerprint density at radius 1 is 1.04 bits per heavy atom. The second-order valence-electron chi connectivity index (χ2n) is 6.50. The summed E-state index contributed by atoms with van der Waals surface area (Å²) in [6.07, 6.45) is 0.179. The smallest absolute Gasteiger partial charge is 0.338 e. The maximum atomic E-state index is 12.8. The molecule has 0 saturated carbocycles. The number of likely N-dealkylation sites (N-methyl/N-ethyl adjacent to an activating group) is 1. The summed E-state index contributed by atoms with van der Waals surface area (Å²) in [5.74, 6) is -1.16. The Morgan fingerprint density at radius 3 is 2.26 bits per heavy atom. The summed E-state index contributed by atoms with van der Waals surface area (Å²) in [6.45, 7) is 4.20. The quantitative estimate of drug-likeness (QED) is 0.597. The normalized spacial score (nSPS) is 15.7. The van der Waals surface area contributed by atoms with E-state index < -0.39 is 17.5 Å². The number of carbonyl (C=O) groups is 2. The van der Waals surface area contributed by atoms with Crippen LogP contribution in [0, 0.1) is 0 Å². The number of carbonyl (C=O) groups excluding carboxylic acids is 2. The van der Waals surface area contributed by atoms with Crippen molar-refractivity contribution in [1.82, 2.24) is 9.88 Å². The van der Waals surface area contributed by atoms with Crippen LogP contribution in [0.25, 0.3) is 11.3 Å². The third kappa shape index (κ3) is 3.45. The first-order chi connectivity index (χ1) is 13.0. The molecule has 0 unspecified atom stereocenters. The van der Waals surface area contributed by atoms with Crippen molar-refractivity contribution in [3.05, 3.63) is 53.7 Å². The van der Waals surface area contributed by atoms with Crippen molar-refractivity contribution in [2.75, 3.05) is 20.3 Å². The van der Waals surface area contributed by atoms with Gasteiger partial charge in [0.2, 0.25) is 5.54 Å². The summed E-state index contributed by atoms with van der Waals surface area (Å²) >= 11 is 0. The monoisotopic (exact) mass is 368 g/mol. The van der Waals surface area contributed by atoms with Gasteiger partial charge < -0.3 is 9.47 Å². The zero-order valence-corrected chi connectivity index (χ0v) is 15.9. The van der Waals surface area contributed by atoms with Gasteiger partial charge >= 0.3 is 11.9 Å². The van der Waals surface area contributed by atoms with E-state index in [-0.39, 0.29) is 19.6 Å². The van der Waals surface area contributed by atoms with Crippen LogP contribution in [0.3, 0.4) is 0 Å². The summed E-state index contributed by atoms with van der Waals surface area (Å²) < 4.78 is 10.5. The summed E-state index contributed by atoms with van der Waals surface area (Å²) in [5.41, 5.74) is 2.12. The van der Waals surface area contributed by atoms with E-state index in [0.29, 0.717) is 6.54 Å². The highest BCUT2D eigenvalue weighted by atomic mass is 16.6. The molecule has 3 rings (SSSR count). The minimum absolute atomic E-state index is 0.179. The minimum atomic E-state index is -1.48. The predicted octanol–water partition coefficient (Wildman–Crippen LogP) is 2.60. The number of hydrogen-bond acceptors (Lipinski definition) is 6. The molecule has 0 radical (unpaired) electrons. The maximum Gasteiger partial charge on any atom is 0.338 e. The highest BCUT2D eigenvalue weighted by molar-refractivity contribution is 6.05. The fourth-order valence-electron chi connectivity index (χ4n) is 3.41. The number of nitrogens with zero attached hydrogens (tertiary/aromatic N) is 2. The van der Waals surface area contributed by atoms with Crippen molar-refractivity contribution in [3.63, 3.8) is 0 Å². The van der Waals surface area contributed by atoms with Gasteiger partial charge in [-0.3, -0.25) is 9.88 Å². The molecule has 0 spiro atoms. The molecule has 0 N–H and O–H groups in total. The largest absolute Gasteiger partial charge is 0.464 e. The fourth-order valence-corrected chi connectivity index (χ4v) is 3.41. The van der Waals surface area contributed by atoms with Crippen LogP contribution >= 0.6 is 0 Å². The molecular weight excluding hydrogens is 344 g/mol. The average molecular weight is 368 g/mol. The Labute approximate surface area is 159 Å². The third-order valence-electron chi connectivity index (χ3n) is 4.85. The third-order valence-corrected chi connectivity index (χ3v) is 4.85. The van der Waals surface area contributed by atoms with Crippen LogP contribution in [-0.2, 0) is 32.0 Å². The Kier molecular flexibility index (Phi) is 5.56. The van der Waals surface area contributed by atoms with E-state index in [1.54, 1.807) is 25.8 Å². The molecule has 0 aliphatic carbocycles. The zero-order valence-electron chi connectivity index (χ0n) is 15.9. The molecule has 1 aromatic heterocycles. The van der Waals surface area contributed by atoms with Crippen LogP contribution < -0.4 is 0 Å². The molecule has 142 valence electrons. The van der Waals surface area contributed by atoms with E-state index in [1.165, 1.54) is 0 Å². The number of aromatic nitrogens is 1. The minimum Gasteiger partial charge on any atom is -0.464 e. The van der Waals surface area contributed by atoms with Crippen molar-refractivity contribution in [3.8, 4) is 11.3 Å². The van der Waals surface area contributed by atoms with Gasteiger partial charge in [-0.05, 0) is 32.5 Å². The van der Waals surface area contributed by atoms with Gasteiger partial charge in [-0.15, -0.1) is 0 Å². The lowest BCUT2D eigenvalue weighted by molar-refractivity contribution is -0.175. The van der Waals surface area contributed by atoms with Gasteiger partial charge in [0.05, 0.1) is 24.6 Å². The number of fused-ring (bicyclic) bond motifs is 1. The van der Waals surface area contributed by atoms with Crippen LogP contribution in [0.4, 0.5) is 0 Å². The van der Waals surface area contributed by atoms with Gasteiger partial charge in [0.25, 0.3) is 0 Å². The molecule has 0 bridgehead atoms. The molecular formula is C21H24N2O4. The zero-order chi connectivity index (χ0) is 19.4. The van der Waals surface area contributed by atoms with Gasteiger partial charge in [-0.1, -0.05) is 36.4 Å². The maximum absolute atomic E-state index is 12.8. The average Bonchev–Trinajstić information content (AvgIpc) is 2.68. The van der Waals surface area contributed by atoms with Crippen molar-refractivity contribution >= 4 is 11.9 Å². The van der Waals surface area contributed by atoms with Crippen molar-refractivity contribution in [2.45, 2.75) is 32.4 Å². The fraction of sp³-hybridized carbons (Fsp3) is 0.381. The van der Waals surface area contributed by atoms with Crippen LogP contribution in [-0.4, -0.2) is 47.6 Å². The van der Waals surface area contributed by atoms with E-state index in [4.69, 9.17) is 14.5 Å². The number of benzene rings is 1. The molecule has 27 heavy (non-hydrogen) atoms. The lowest BCUT2D eigenvalue weighted by atomic mass is 9.84. The van der Waals surface area contributed by atoms with E-state index in [0.717, 1.165) is 22.5 Å². The number of hydrogen-bond donors (Lipinski definition) is 0. The molecule has 1 aromatic carbocycles. The molecule has 1 aliphatic rings. The van der Waals surface area contributed by atoms with Crippen molar-refractivity contribution in [2.24, 2.45) is 0 Å².